The van der Waals surface area contributed by atoms with Crippen LogP contribution in [0.2, 0.25) is 5.02 Å². The number of fused-ring (bicyclic) bond motifs is 1. The number of carbonyl (C=O) groups excluding carboxylic acids is 1. The van der Waals surface area contributed by atoms with Gasteiger partial charge in [-0.05, 0) is 67.3 Å². The number of hydrogen-bond acceptors (Lipinski definition) is 3. The van der Waals surface area contributed by atoms with E-state index in [1.54, 1.807) is 18.3 Å². The molecule has 144 valence electrons. The van der Waals surface area contributed by atoms with Gasteiger partial charge in [-0.3, -0.25) is 9.78 Å². The van der Waals surface area contributed by atoms with Crippen molar-refractivity contribution in [3.05, 3.63) is 65.4 Å². The predicted molar refractivity (Wildman–Crippen MR) is 113 cm³/mol. The van der Waals surface area contributed by atoms with E-state index in [0.717, 1.165) is 31.2 Å². The van der Waals surface area contributed by atoms with Crippen LogP contribution in [0.1, 0.15) is 44.1 Å². The van der Waals surface area contributed by atoms with E-state index in [2.05, 4.69) is 39.6 Å². The molecule has 1 aliphatic carbocycles. The van der Waals surface area contributed by atoms with Crippen LogP contribution < -0.4 is 5.32 Å². The van der Waals surface area contributed by atoms with Gasteiger partial charge in [-0.1, -0.05) is 36.7 Å². The van der Waals surface area contributed by atoms with Crippen LogP contribution in [0, 0.1) is 11.8 Å². The zero-order valence-electron chi connectivity index (χ0n) is 15.9. The molecule has 2 heterocycles. The SMILES string of the molecule is CC(C(=O)Nc1ccc(Cl)cn1)C1CCC(c2ccnc3ccccc23)CC1. The van der Waals surface area contributed by atoms with Crippen molar-refractivity contribution in [2.75, 3.05) is 5.32 Å². The van der Waals surface area contributed by atoms with E-state index in [-0.39, 0.29) is 11.8 Å². The van der Waals surface area contributed by atoms with Gasteiger partial charge in [-0.15, -0.1) is 0 Å². The van der Waals surface area contributed by atoms with Gasteiger partial charge in [-0.25, -0.2) is 4.98 Å². The molecule has 3 aromatic rings. The summed E-state index contributed by atoms with van der Waals surface area (Å²) in [7, 11) is 0. The van der Waals surface area contributed by atoms with E-state index >= 15 is 0 Å². The summed E-state index contributed by atoms with van der Waals surface area (Å²) in [5, 5.41) is 4.74. The molecule has 1 atom stereocenters. The summed E-state index contributed by atoms with van der Waals surface area (Å²) in [5.41, 5.74) is 2.46. The third-order valence-electron chi connectivity index (χ3n) is 5.99. The van der Waals surface area contributed by atoms with Gasteiger partial charge in [-0.2, -0.15) is 0 Å². The summed E-state index contributed by atoms with van der Waals surface area (Å²) >= 11 is 5.85. The van der Waals surface area contributed by atoms with Gasteiger partial charge in [0.15, 0.2) is 0 Å². The summed E-state index contributed by atoms with van der Waals surface area (Å²) < 4.78 is 0. The summed E-state index contributed by atoms with van der Waals surface area (Å²) in [6.07, 6.45) is 7.80. The van der Waals surface area contributed by atoms with E-state index in [9.17, 15) is 4.79 Å². The Bertz CT molecular complexity index is 960. The molecule has 0 spiro atoms. The molecule has 1 amide bonds. The molecule has 4 nitrogen and oxygen atoms in total. The first kappa shape index (κ1) is 18.9. The van der Waals surface area contributed by atoms with Crippen LogP contribution in [-0.4, -0.2) is 15.9 Å². The molecule has 2 aromatic heterocycles. The lowest BCUT2D eigenvalue weighted by Crippen LogP contribution is -2.29. The number of halogens is 1. The molecule has 1 N–H and O–H groups in total. The minimum absolute atomic E-state index is 0.0346. The quantitative estimate of drug-likeness (QED) is 0.606. The number of benzene rings is 1. The van der Waals surface area contributed by atoms with Gasteiger partial charge in [0.25, 0.3) is 0 Å². The molecule has 0 bridgehead atoms. The molecule has 28 heavy (non-hydrogen) atoms. The van der Waals surface area contributed by atoms with Gasteiger partial charge < -0.3 is 5.32 Å². The maximum atomic E-state index is 12.6. The van der Waals surface area contributed by atoms with Crippen LogP contribution in [0.25, 0.3) is 10.9 Å². The average Bonchev–Trinajstić information content (AvgIpc) is 2.74. The van der Waals surface area contributed by atoms with Crippen molar-refractivity contribution in [1.29, 1.82) is 0 Å². The zero-order valence-corrected chi connectivity index (χ0v) is 16.7. The fourth-order valence-corrected chi connectivity index (χ4v) is 4.42. The number of rotatable bonds is 4. The van der Waals surface area contributed by atoms with Gasteiger partial charge >= 0.3 is 0 Å². The zero-order chi connectivity index (χ0) is 19.5. The monoisotopic (exact) mass is 393 g/mol. The van der Waals surface area contributed by atoms with Crippen molar-refractivity contribution in [2.24, 2.45) is 11.8 Å². The van der Waals surface area contributed by atoms with Crippen LogP contribution in [0.5, 0.6) is 0 Å². The standard InChI is InChI=1S/C23H24ClN3O/c1-15(23(28)27-22-11-10-18(24)14-26-22)16-6-8-17(9-7-16)19-12-13-25-21-5-3-2-4-20(19)21/h2-5,10-17H,6-9H2,1H3,(H,26,27,28). The lowest BCUT2D eigenvalue weighted by molar-refractivity contribution is -0.121. The predicted octanol–water partition coefficient (Wildman–Crippen LogP) is 5.83. The largest absolute Gasteiger partial charge is 0.310 e. The highest BCUT2D eigenvalue weighted by molar-refractivity contribution is 6.30. The molecular formula is C23H24ClN3O. The molecule has 4 rings (SSSR count). The molecule has 0 aliphatic heterocycles. The summed E-state index contributed by atoms with van der Waals surface area (Å²) in [6.45, 7) is 2.03. The molecule has 5 heteroatoms. The van der Waals surface area contributed by atoms with Crippen LogP contribution in [0.15, 0.2) is 54.9 Å². The van der Waals surface area contributed by atoms with Crippen molar-refractivity contribution in [3.8, 4) is 0 Å². The number of carbonyl (C=O) groups is 1. The number of pyridine rings is 2. The van der Waals surface area contributed by atoms with E-state index in [1.807, 2.05) is 19.2 Å². The topological polar surface area (TPSA) is 54.9 Å². The van der Waals surface area contributed by atoms with E-state index < -0.39 is 0 Å². The molecule has 1 fully saturated rings. The highest BCUT2D eigenvalue weighted by atomic mass is 35.5. The Balaban J connectivity index is 1.39. The maximum absolute atomic E-state index is 12.6. The molecular weight excluding hydrogens is 370 g/mol. The van der Waals surface area contributed by atoms with Crippen molar-refractivity contribution in [1.82, 2.24) is 9.97 Å². The fraction of sp³-hybridized carbons (Fsp3) is 0.348. The number of amides is 1. The Morgan fingerprint density at radius 1 is 1.07 bits per heavy atom. The molecule has 1 aromatic carbocycles. The van der Waals surface area contributed by atoms with Crippen molar-refractivity contribution in [3.63, 3.8) is 0 Å². The molecule has 1 saturated carbocycles. The lowest BCUT2D eigenvalue weighted by atomic mass is 9.73. The molecule has 1 aliphatic rings. The van der Waals surface area contributed by atoms with Crippen LogP contribution >= 0.6 is 11.6 Å². The second kappa shape index (κ2) is 8.27. The molecule has 0 radical (unpaired) electrons. The van der Waals surface area contributed by atoms with E-state index in [4.69, 9.17) is 11.6 Å². The number of nitrogens with zero attached hydrogens (tertiary/aromatic N) is 2. The Hall–Kier alpha value is -2.46. The number of nitrogens with one attached hydrogen (secondary N) is 1. The number of aromatic nitrogens is 2. The van der Waals surface area contributed by atoms with Crippen molar-refractivity contribution < 1.29 is 4.79 Å². The van der Waals surface area contributed by atoms with E-state index in [0.29, 0.717) is 22.7 Å². The first-order valence-electron chi connectivity index (χ1n) is 9.88. The minimum atomic E-state index is -0.0346. The Morgan fingerprint density at radius 3 is 2.61 bits per heavy atom. The van der Waals surface area contributed by atoms with Gasteiger partial charge in [0.1, 0.15) is 5.82 Å². The second-order valence-electron chi connectivity index (χ2n) is 7.67. The highest BCUT2D eigenvalue weighted by Crippen LogP contribution is 2.40. The van der Waals surface area contributed by atoms with Crippen molar-refractivity contribution in [2.45, 2.75) is 38.5 Å². The fourth-order valence-electron chi connectivity index (χ4n) is 4.31. The average molecular weight is 394 g/mol. The Morgan fingerprint density at radius 2 is 1.86 bits per heavy atom. The number of hydrogen-bond donors (Lipinski definition) is 1. The van der Waals surface area contributed by atoms with Gasteiger partial charge in [0.2, 0.25) is 5.91 Å². The maximum Gasteiger partial charge on any atom is 0.228 e. The van der Waals surface area contributed by atoms with Crippen molar-refractivity contribution >= 4 is 34.2 Å². The van der Waals surface area contributed by atoms with Crippen LogP contribution in [0.4, 0.5) is 5.82 Å². The molecule has 1 unspecified atom stereocenters. The normalized spacial score (nSPS) is 20.6. The van der Waals surface area contributed by atoms with E-state index in [1.165, 1.54) is 10.9 Å². The van der Waals surface area contributed by atoms with Gasteiger partial charge in [0.05, 0.1) is 10.5 Å². The summed E-state index contributed by atoms with van der Waals surface area (Å²) in [6, 6.07) is 14.0. The second-order valence-corrected chi connectivity index (χ2v) is 8.11. The number of para-hydroxylation sites is 1. The van der Waals surface area contributed by atoms with Crippen LogP contribution in [0.3, 0.4) is 0 Å². The lowest BCUT2D eigenvalue weighted by Gasteiger charge is -2.32. The molecule has 0 saturated heterocycles. The minimum Gasteiger partial charge on any atom is -0.310 e. The van der Waals surface area contributed by atoms with Crippen LogP contribution in [-0.2, 0) is 4.79 Å². The highest BCUT2D eigenvalue weighted by Gasteiger charge is 2.30. The third-order valence-corrected chi connectivity index (χ3v) is 6.22. The smallest absolute Gasteiger partial charge is 0.228 e. The Labute approximate surface area is 170 Å². The summed E-state index contributed by atoms with van der Waals surface area (Å²) in [5.74, 6) is 1.49. The third kappa shape index (κ3) is 4.02. The van der Waals surface area contributed by atoms with Gasteiger partial charge in [0, 0.05) is 23.7 Å². The first-order chi connectivity index (χ1) is 13.6. The number of anilines is 1. The Kier molecular flexibility index (Phi) is 5.58. The summed E-state index contributed by atoms with van der Waals surface area (Å²) in [4.78, 5) is 21.3. The first-order valence-corrected chi connectivity index (χ1v) is 10.3.